The van der Waals surface area contributed by atoms with E-state index in [1.54, 1.807) is 17.0 Å². The maximum Gasteiger partial charge on any atom is 0.230 e. The second kappa shape index (κ2) is 8.23. The average molecular weight is 395 g/mol. The van der Waals surface area contributed by atoms with Crippen LogP contribution in [-0.2, 0) is 9.59 Å². The minimum absolute atomic E-state index is 0.0297. The molecule has 0 N–H and O–H groups in total. The summed E-state index contributed by atoms with van der Waals surface area (Å²) in [4.78, 5) is 31.4. The molecule has 4 rings (SSSR count). The highest BCUT2D eigenvalue weighted by molar-refractivity contribution is 6.01. The molecule has 2 aromatic carbocycles. The molecule has 2 amide bonds. The van der Waals surface area contributed by atoms with E-state index < -0.39 is 0 Å². The van der Waals surface area contributed by atoms with E-state index in [2.05, 4.69) is 0 Å². The molecule has 6 heteroatoms. The van der Waals surface area contributed by atoms with Crippen molar-refractivity contribution < 1.29 is 14.0 Å². The number of carbonyl (C=O) groups is 2. The zero-order valence-corrected chi connectivity index (χ0v) is 16.6. The van der Waals surface area contributed by atoms with Crippen molar-refractivity contribution in [2.24, 2.45) is 11.8 Å². The van der Waals surface area contributed by atoms with Crippen LogP contribution < -0.4 is 9.80 Å². The molecule has 152 valence electrons. The van der Waals surface area contributed by atoms with Gasteiger partial charge >= 0.3 is 0 Å². The van der Waals surface area contributed by atoms with Gasteiger partial charge in [0.1, 0.15) is 5.82 Å². The molecule has 2 atom stereocenters. The van der Waals surface area contributed by atoms with E-state index in [-0.39, 0.29) is 29.5 Å². The van der Waals surface area contributed by atoms with Gasteiger partial charge in [-0.05, 0) is 37.6 Å². The Kier molecular flexibility index (Phi) is 5.51. The van der Waals surface area contributed by atoms with E-state index in [9.17, 15) is 14.0 Å². The summed E-state index contributed by atoms with van der Waals surface area (Å²) < 4.78 is 14.0. The summed E-state index contributed by atoms with van der Waals surface area (Å²) in [7, 11) is 0. The largest absolute Gasteiger partial charge is 0.366 e. The van der Waals surface area contributed by atoms with Gasteiger partial charge in [-0.25, -0.2) is 4.39 Å². The maximum absolute atomic E-state index is 14.0. The predicted molar refractivity (Wildman–Crippen MR) is 111 cm³/mol. The Morgan fingerprint density at radius 3 is 2.28 bits per heavy atom. The number of benzene rings is 2. The van der Waals surface area contributed by atoms with Crippen molar-refractivity contribution in [3.63, 3.8) is 0 Å². The Hall–Kier alpha value is -2.89. The van der Waals surface area contributed by atoms with E-state index in [1.807, 2.05) is 53.1 Å². The summed E-state index contributed by atoms with van der Waals surface area (Å²) in [6.07, 6.45) is 0.620. The van der Waals surface area contributed by atoms with Crippen LogP contribution in [0.4, 0.5) is 15.8 Å². The molecule has 1 heterocycles. The van der Waals surface area contributed by atoms with Gasteiger partial charge in [0, 0.05) is 38.4 Å². The first-order valence-electron chi connectivity index (χ1n) is 10.2. The lowest BCUT2D eigenvalue weighted by Gasteiger charge is -2.36. The smallest absolute Gasteiger partial charge is 0.230 e. The third-order valence-electron chi connectivity index (χ3n) is 5.86. The van der Waals surface area contributed by atoms with Crippen molar-refractivity contribution in [1.82, 2.24) is 4.90 Å². The van der Waals surface area contributed by atoms with Gasteiger partial charge in [-0.3, -0.25) is 9.59 Å². The molecule has 5 nitrogen and oxygen atoms in total. The molecule has 2 unspecified atom stereocenters. The third kappa shape index (κ3) is 3.97. The molecule has 0 aromatic heterocycles. The van der Waals surface area contributed by atoms with Gasteiger partial charge in [0.25, 0.3) is 0 Å². The lowest BCUT2D eigenvalue weighted by Crippen LogP contribution is -2.49. The minimum atomic E-state index is -0.235. The van der Waals surface area contributed by atoms with Crippen LogP contribution in [0.15, 0.2) is 54.6 Å². The van der Waals surface area contributed by atoms with Crippen molar-refractivity contribution >= 4 is 23.2 Å². The quantitative estimate of drug-likeness (QED) is 0.781. The molecule has 0 radical (unpaired) electrons. The number of halogens is 1. The van der Waals surface area contributed by atoms with Crippen molar-refractivity contribution in [2.45, 2.75) is 13.3 Å². The molecule has 2 fully saturated rings. The van der Waals surface area contributed by atoms with Crippen molar-refractivity contribution in [3.8, 4) is 0 Å². The van der Waals surface area contributed by atoms with Gasteiger partial charge in [-0.1, -0.05) is 30.3 Å². The van der Waals surface area contributed by atoms with E-state index in [4.69, 9.17) is 0 Å². The van der Waals surface area contributed by atoms with E-state index in [0.29, 0.717) is 44.8 Å². The van der Waals surface area contributed by atoms with Gasteiger partial charge in [0.05, 0.1) is 17.5 Å². The van der Waals surface area contributed by atoms with Crippen molar-refractivity contribution in [2.75, 3.05) is 42.5 Å². The van der Waals surface area contributed by atoms with E-state index in [0.717, 1.165) is 5.69 Å². The van der Waals surface area contributed by atoms with Gasteiger partial charge in [0.2, 0.25) is 11.8 Å². The summed E-state index contributed by atoms with van der Waals surface area (Å²) in [6.45, 7) is 4.85. The Balaban J connectivity index is 1.34. The van der Waals surface area contributed by atoms with Crippen molar-refractivity contribution in [3.05, 3.63) is 60.4 Å². The second-order valence-electron chi connectivity index (χ2n) is 7.63. The number of hydrogen-bond donors (Lipinski definition) is 0. The molecule has 1 aliphatic heterocycles. The molecular weight excluding hydrogens is 369 g/mol. The summed E-state index contributed by atoms with van der Waals surface area (Å²) in [5.41, 5.74) is 1.46. The Morgan fingerprint density at radius 2 is 1.62 bits per heavy atom. The van der Waals surface area contributed by atoms with E-state index >= 15 is 0 Å². The lowest BCUT2D eigenvalue weighted by molar-refractivity contribution is -0.134. The highest BCUT2D eigenvalue weighted by Crippen LogP contribution is 2.42. The van der Waals surface area contributed by atoms with Crippen LogP contribution in [0, 0.1) is 17.7 Å². The molecule has 1 saturated carbocycles. The SMILES string of the molecule is CCN(C(=O)C1CC1C(=O)N1CCN(c2ccccc2F)CC1)c1ccccc1. The monoisotopic (exact) mass is 395 g/mol. The standard InChI is InChI=1S/C23H26FN3O2/c1-2-27(17-8-4-3-5-9-17)23(29)19-16-18(19)22(28)26-14-12-25(13-15-26)21-11-7-6-10-20(21)24/h3-11,18-19H,2,12-16H2,1H3. The van der Waals surface area contributed by atoms with Crippen LogP contribution in [0.1, 0.15) is 13.3 Å². The maximum atomic E-state index is 14.0. The fraction of sp³-hybridized carbons (Fsp3) is 0.391. The summed E-state index contributed by atoms with van der Waals surface area (Å²) in [5, 5.41) is 0. The molecule has 1 aliphatic carbocycles. The van der Waals surface area contributed by atoms with Crippen molar-refractivity contribution in [1.29, 1.82) is 0 Å². The molecular formula is C23H26FN3O2. The zero-order chi connectivity index (χ0) is 20.4. The van der Waals surface area contributed by atoms with Gasteiger partial charge in [0.15, 0.2) is 0 Å². The molecule has 29 heavy (non-hydrogen) atoms. The number of amides is 2. The van der Waals surface area contributed by atoms with Crippen LogP contribution in [0.5, 0.6) is 0 Å². The van der Waals surface area contributed by atoms with E-state index in [1.165, 1.54) is 6.07 Å². The molecule has 1 saturated heterocycles. The van der Waals surface area contributed by atoms with Crippen LogP contribution in [0.3, 0.4) is 0 Å². The number of carbonyl (C=O) groups excluding carboxylic acids is 2. The molecule has 2 aromatic rings. The lowest BCUT2D eigenvalue weighted by atomic mass is 10.2. The number of hydrogen-bond acceptors (Lipinski definition) is 3. The van der Waals surface area contributed by atoms with Crippen LogP contribution in [-0.4, -0.2) is 49.4 Å². The fourth-order valence-electron chi connectivity index (χ4n) is 4.13. The minimum Gasteiger partial charge on any atom is -0.366 e. The first-order valence-corrected chi connectivity index (χ1v) is 10.2. The average Bonchev–Trinajstić information content (AvgIpc) is 3.56. The fourth-order valence-corrected chi connectivity index (χ4v) is 4.13. The van der Waals surface area contributed by atoms with Gasteiger partial charge < -0.3 is 14.7 Å². The van der Waals surface area contributed by atoms with Crippen LogP contribution >= 0.6 is 0 Å². The Morgan fingerprint density at radius 1 is 0.966 bits per heavy atom. The van der Waals surface area contributed by atoms with Gasteiger partial charge in [-0.2, -0.15) is 0 Å². The topological polar surface area (TPSA) is 43.9 Å². The Labute approximate surface area is 170 Å². The Bertz CT molecular complexity index is 881. The van der Waals surface area contributed by atoms with Crippen LogP contribution in [0.25, 0.3) is 0 Å². The van der Waals surface area contributed by atoms with Crippen LogP contribution in [0.2, 0.25) is 0 Å². The first-order chi connectivity index (χ1) is 14.1. The number of piperazine rings is 1. The highest BCUT2D eigenvalue weighted by atomic mass is 19.1. The van der Waals surface area contributed by atoms with Gasteiger partial charge in [-0.15, -0.1) is 0 Å². The molecule has 2 aliphatic rings. The number of rotatable bonds is 5. The molecule has 0 bridgehead atoms. The number of nitrogens with zero attached hydrogens (tertiary/aromatic N) is 3. The summed E-state index contributed by atoms with van der Waals surface area (Å²) in [5.74, 6) is -0.601. The second-order valence-corrected chi connectivity index (χ2v) is 7.63. The summed E-state index contributed by atoms with van der Waals surface area (Å²) >= 11 is 0. The zero-order valence-electron chi connectivity index (χ0n) is 16.6. The summed E-state index contributed by atoms with van der Waals surface area (Å²) in [6, 6.07) is 16.3. The third-order valence-corrected chi connectivity index (χ3v) is 5.86. The predicted octanol–water partition coefficient (Wildman–Crippen LogP) is 3.16. The number of anilines is 2. The molecule has 0 spiro atoms. The first kappa shape index (κ1) is 19.4. The normalized spacial score (nSPS) is 21.0. The number of para-hydroxylation sites is 2. The highest BCUT2D eigenvalue weighted by Gasteiger charge is 2.51.